The van der Waals surface area contributed by atoms with E-state index in [-0.39, 0.29) is 18.0 Å². The van der Waals surface area contributed by atoms with Crippen LogP contribution in [0.2, 0.25) is 5.02 Å². The third-order valence-corrected chi connectivity index (χ3v) is 4.10. The van der Waals surface area contributed by atoms with Gasteiger partial charge >= 0.3 is 0 Å². The first-order valence-electron chi connectivity index (χ1n) is 8.53. The van der Waals surface area contributed by atoms with Crippen molar-refractivity contribution in [3.8, 4) is 11.3 Å². The van der Waals surface area contributed by atoms with Crippen LogP contribution in [0.25, 0.3) is 11.3 Å². The number of hydrogen-bond acceptors (Lipinski definition) is 5. The fraction of sp³-hybridized carbons (Fsp3) is 0.150. The van der Waals surface area contributed by atoms with Gasteiger partial charge in [0.05, 0.1) is 23.0 Å². The van der Waals surface area contributed by atoms with Crippen molar-refractivity contribution in [2.75, 3.05) is 11.9 Å². The number of amides is 1. The van der Waals surface area contributed by atoms with Gasteiger partial charge in [-0.15, -0.1) is 0 Å². The fourth-order valence-electron chi connectivity index (χ4n) is 2.52. The molecule has 8 heteroatoms. The van der Waals surface area contributed by atoms with E-state index in [0.29, 0.717) is 27.7 Å². The summed E-state index contributed by atoms with van der Waals surface area (Å²) in [5, 5.41) is 15.5. The van der Waals surface area contributed by atoms with Crippen LogP contribution in [0, 0.1) is 5.82 Å². The second-order valence-corrected chi connectivity index (χ2v) is 6.60. The largest absolute Gasteiger partial charge is 0.392 e. The number of hydrogen-bond donors (Lipinski definition) is 3. The Bertz CT molecular complexity index is 997. The molecule has 0 bridgehead atoms. The molecule has 3 aromatic rings. The Morgan fingerprint density at radius 3 is 2.86 bits per heavy atom. The molecule has 6 nitrogen and oxygen atoms in total. The molecule has 0 saturated heterocycles. The summed E-state index contributed by atoms with van der Waals surface area (Å²) in [5.41, 5.74) is 2.12. The molecule has 0 spiro atoms. The minimum atomic E-state index is -0.660. The van der Waals surface area contributed by atoms with Gasteiger partial charge in [0.1, 0.15) is 5.82 Å². The molecule has 3 rings (SSSR count). The second-order valence-electron chi connectivity index (χ2n) is 6.16. The molecule has 1 aromatic carbocycles. The highest BCUT2D eigenvalue weighted by atomic mass is 35.5. The Kier molecular flexibility index (Phi) is 6.18. The molecule has 2 aromatic heterocycles. The van der Waals surface area contributed by atoms with Crippen LogP contribution in [-0.4, -0.2) is 33.6 Å². The molecular weight excluding hydrogens is 383 g/mol. The summed E-state index contributed by atoms with van der Waals surface area (Å²) in [6.07, 6.45) is 3.85. The molecule has 0 fully saturated rings. The Morgan fingerprint density at radius 1 is 1.25 bits per heavy atom. The Balaban J connectivity index is 1.87. The summed E-state index contributed by atoms with van der Waals surface area (Å²) in [7, 11) is 0. The van der Waals surface area contributed by atoms with Crippen LogP contribution in [-0.2, 0) is 0 Å². The lowest BCUT2D eigenvalue weighted by Gasteiger charge is -2.13. The fourth-order valence-corrected chi connectivity index (χ4v) is 2.70. The Labute approximate surface area is 166 Å². The van der Waals surface area contributed by atoms with E-state index < -0.39 is 11.9 Å². The topological polar surface area (TPSA) is 87.1 Å². The predicted octanol–water partition coefficient (Wildman–Crippen LogP) is 3.79. The van der Waals surface area contributed by atoms with Crippen LogP contribution < -0.4 is 10.6 Å². The maximum atomic E-state index is 14.1. The van der Waals surface area contributed by atoms with Crippen molar-refractivity contribution in [1.82, 2.24) is 15.3 Å². The van der Waals surface area contributed by atoms with Gasteiger partial charge in [0, 0.05) is 41.4 Å². The van der Waals surface area contributed by atoms with Gasteiger partial charge in [-0.3, -0.25) is 14.8 Å². The second kappa shape index (κ2) is 8.77. The average molecular weight is 401 g/mol. The molecule has 1 unspecified atom stereocenters. The van der Waals surface area contributed by atoms with E-state index in [1.807, 2.05) is 0 Å². The molecule has 0 radical (unpaired) electrons. The quantitative estimate of drug-likeness (QED) is 0.586. The van der Waals surface area contributed by atoms with Crippen LogP contribution in [0.4, 0.5) is 15.8 Å². The smallest absolute Gasteiger partial charge is 0.255 e. The highest BCUT2D eigenvalue weighted by Crippen LogP contribution is 2.28. The third-order valence-electron chi connectivity index (χ3n) is 3.87. The first kappa shape index (κ1) is 19.7. The molecule has 28 heavy (non-hydrogen) atoms. The van der Waals surface area contributed by atoms with E-state index >= 15 is 0 Å². The highest BCUT2D eigenvalue weighted by molar-refractivity contribution is 6.30. The first-order chi connectivity index (χ1) is 13.4. The van der Waals surface area contributed by atoms with Crippen molar-refractivity contribution < 1.29 is 14.3 Å². The van der Waals surface area contributed by atoms with Crippen molar-refractivity contribution in [3.05, 3.63) is 71.4 Å². The molecular formula is C20H18ClFN4O2. The number of carbonyl (C=O) groups is 1. The summed E-state index contributed by atoms with van der Waals surface area (Å²) in [6.45, 7) is 1.71. The molecule has 0 aliphatic rings. The zero-order valence-corrected chi connectivity index (χ0v) is 15.7. The summed E-state index contributed by atoms with van der Waals surface area (Å²) < 4.78 is 14.1. The van der Waals surface area contributed by atoms with E-state index in [0.717, 1.165) is 0 Å². The number of carbonyl (C=O) groups excluding carboxylic acids is 1. The van der Waals surface area contributed by atoms with Crippen molar-refractivity contribution >= 4 is 28.9 Å². The number of benzene rings is 1. The molecule has 0 saturated carbocycles. The van der Waals surface area contributed by atoms with Crippen molar-refractivity contribution in [3.63, 3.8) is 0 Å². The Morgan fingerprint density at radius 2 is 2.07 bits per heavy atom. The average Bonchev–Trinajstić information content (AvgIpc) is 2.68. The van der Waals surface area contributed by atoms with Gasteiger partial charge in [0.25, 0.3) is 5.91 Å². The van der Waals surface area contributed by atoms with Gasteiger partial charge in [-0.05, 0) is 43.3 Å². The number of pyridine rings is 2. The van der Waals surface area contributed by atoms with Crippen molar-refractivity contribution in [1.29, 1.82) is 0 Å². The number of nitrogens with one attached hydrogen (secondary N) is 2. The third kappa shape index (κ3) is 4.82. The van der Waals surface area contributed by atoms with Crippen LogP contribution in [0.15, 0.2) is 55.0 Å². The van der Waals surface area contributed by atoms with Crippen molar-refractivity contribution in [2.45, 2.75) is 13.0 Å². The zero-order chi connectivity index (χ0) is 20.1. The van der Waals surface area contributed by atoms with E-state index in [1.54, 1.807) is 31.3 Å². The van der Waals surface area contributed by atoms with Gasteiger partial charge in [-0.2, -0.15) is 0 Å². The number of aliphatic hydroxyl groups is 1. The molecule has 0 aliphatic heterocycles. The number of nitrogens with zero attached hydrogens (tertiary/aromatic N) is 2. The van der Waals surface area contributed by atoms with Crippen LogP contribution in [0.3, 0.4) is 0 Å². The summed E-state index contributed by atoms with van der Waals surface area (Å²) >= 11 is 5.96. The van der Waals surface area contributed by atoms with Gasteiger partial charge in [0.2, 0.25) is 0 Å². The van der Waals surface area contributed by atoms with E-state index in [1.165, 1.54) is 30.6 Å². The van der Waals surface area contributed by atoms with E-state index in [2.05, 4.69) is 20.6 Å². The number of halogens is 2. The molecule has 2 heterocycles. The highest BCUT2D eigenvalue weighted by Gasteiger charge is 2.13. The minimum Gasteiger partial charge on any atom is -0.392 e. The molecule has 3 N–H and O–H groups in total. The van der Waals surface area contributed by atoms with Crippen molar-refractivity contribution in [2.24, 2.45) is 0 Å². The number of aromatic nitrogens is 2. The standard InChI is InChI=1S/C20H18ClFN4O2/c1-12(27)10-25-20(28)16-11-23-6-5-18(16)26-14-4-7-24-19(9-14)15-8-13(21)2-3-17(15)22/h2-9,11-12,27H,10H2,1H3,(H,25,28)(H,23,24,26). The van der Waals surface area contributed by atoms with Gasteiger partial charge in [0.15, 0.2) is 0 Å². The summed E-state index contributed by atoms with van der Waals surface area (Å²) in [4.78, 5) is 20.5. The van der Waals surface area contributed by atoms with E-state index in [4.69, 9.17) is 11.6 Å². The number of aliphatic hydroxyl groups excluding tert-OH is 1. The monoisotopic (exact) mass is 400 g/mol. The van der Waals surface area contributed by atoms with Crippen LogP contribution in [0.1, 0.15) is 17.3 Å². The number of anilines is 2. The normalized spacial score (nSPS) is 11.7. The molecule has 144 valence electrons. The SMILES string of the molecule is CC(O)CNC(=O)c1cnccc1Nc1ccnc(-c2cc(Cl)ccc2F)c1. The van der Waals surface area contributed by atoms with Gasteiger partial charge < -0.3 is 15.7 Å². The van der Waals surface area contributed by atoms with Gasteiger partial charge in [-0.1, -0.05) is 11.6 Å². The van der Waals surface area contributed by atoms with Gasteiger partial charge in [-0.25, -0.2) is 4.39 Å². The molecule has 1 amide bonds. The lowest BCUT2D eigenvalue weighted by Crippen LogP contribution is -2.31. The summed E-state index contributed by atoms with van der Waals surface area (Å²) in [5.74, 6) is -0.803. The maximum Gasteiger partial charge on any atom is 0.255 e. The first-order valence-corrected chi connectivity index (χ1v) is 8.90. The summed E-state index contributed by atoms with van der Waals surface area (Å²) in [6, 6.07) is 9.27. The molecule has 1 atom stereocenters. The molecule has 0 aliphatic carbocycles. The maximum absolute atomic E-state index is 14.1. The van der Waals surface area contributed by atoms with Crippen LogP contribution >= 0.6 is 11.6 Å². The van der Waals surface area contributed by atoms with E-state index in [9.17, 15) is 14.3 Å². The Hall–Kier alpha value is -3.03. The minimum absolute atomic E-state index is 0.126. The van der Waals surface area contributed by atoms with Crippen LogP contribution in [0.5, 0.6) is 0 Å². The zero-order valence-electron chi connectivity index (χ0n) is 15.0. The lowest BCUT2D eigenvalue weighted by atomic mass is 10.1. The predicted molar refractivity (Wildman–Crippen MR) is 106 cm³/mol. The number of rotatable bonds is 6. The lowest BCUT2D eigenvalue weighted by molar-refractivity contribution is 0.0924.